The smallest absolute Gasteiger partial charge is 0.231 e. The molecule has 0 saturated heterocycles. The van der Waals surface area contributed by atoms with Crippen molar-refractivity contribution in [2.45, 2.75) is 32.1 Å². The van der Waals surface area contributed by atoms with Crippen molar-refractivity contribution in [1.29, 1.82) is 0 Å². The molecule has 0 saturated carbocycles. The average molecular weight is 518 g/mol. The first-order valence-electron chi connectivity index (χ1n) is 9.63. The van der Waals surface area contributed by atoms with E-state index in [1.165, 1.54) is 33.4 Å². The highest BCUT2D eigenvalue weighted by atomic mass is 79.9. The number of fused-ring (bicyclic) bond motifs is 4. The summed E-state index contributed by atoms with van der Waals surface area (Å²) in [5, 5.41) is 0. The first kappa shape index (κ1) is 17.9. The van der Waals surface area contributed by atoms with Crippen molar-refractivity contribution in [2.75, 3.05) is 13.6 Å². The maximum absolute atomic E-state index is 5.68. The van der Waals surface area contributed by atoms with Gasteiger partial charge in [-0.05, 0) is 86.5 Å². The molecule has 0 amide bonds. The Morgan fingerprint density at radius 1 is 0.759 bits per heavy atom. The lowest BCUT2D eigenvalue weighted by atomic mass is 9.82. The van der Waals surface area contributed by atoms with Crippen molar-refractivity contribution >= 4 is 44.0 Å². The summed E-state index contributed by atoms with van der Waals surface area (Å²) in [6, 6.07) is 4.31. The third kappa shape index (κ3) is 2.48. The summed E-state index contributed by atoms with van der Waals surface area (Å²) in [6.45, 7) is 5.00. The Kier molecular flexibility index (Phi) is 3.88. The topological polar surface area (TPSA) is 36.9 Å². The van der Waals surface area contributed by atoms with Crippen molar-refractivity contribution in [3.8, 4) is 23.0 Å². The summed E-state index contributed by atoms with van der Waals surface area (Å²) in [4.78, 5) is 0. The maximum atomic E-state index is 5.68. The van der Waals surface area contributed by atoms with Crippen molar-refractivity contribution in [1.82, 2.24) is 0 Å². The number of ether oxygens (including phenoxy) is 4. The number of benzene rings is 2. The van der Waals surface area contributed by atoms with E-state index in [0.29, 0.717) is 11.8 Å². The van der Waals surface area contributed by atoms with E-state index in [2.05, 4.69) is 70.0 Å². The van der Waals surface area contributed by atoms with Gasteiger partial charge in [-0.3, -0.25) is 0 Å². The zero-order valence-electron chi connectivity index (χ0n) is 16.0. The van der Waals surface area contributed by atoms with E-state index in [9.17, 15) is 0 Å². The molecule has 2 heterocycles. The Hall–Kier alpha value is -1.92. The maximum Gasteiger partial charge on any atom is 0.231 e. The normalized spacial score (nSPS) is 22.5. The van der Waals surface area contributed by atoms with Crippen molar-refractivity contribution in [3.63, 3.8) is 0 Å². The van der Waals surface area contributed by atoms with Gasteiger partial charge >= 0.3 is 0 Å². The third-order valence-corrected chi connectivity index (χ3v) is 7.99. The van der Waals surface area contributed by atoms with E-state index < -0.39 is 0 Å². The van der Waals surface area contributed by atoms with E-state index in [-0.39, 0.29) is 13.6 Å². The second kappa shape index (κ2) is 6.29. The standard InChI is InChI=1S/C23H18Br2O4/c1-10-3-16-14(6-18-22(20(16)24)28-8-26-18)12(10)5-13-11(2)4-17-15(13)7-19-23(21(17)25)29-9-27-19/h3-4,6-7,12-13H,5,8-9H2,1-2H3. The first-order chi connectivity index (χ1) is 14.0. The molecule has 0 N–H and O–H groups in total. The Morgan fingerprint density at radius 2 is 1.21 bits per heavy atom. The van der Waals surface area contributed by atoms with Gasteiger partial charge in [-0.25, -0.2) is 0 Å². The largest absolute Gasteiger partial charge is 0.454 e. The van der Waals surface area contributed by atoms with Gasteiger partial charge in [0.2, 0.25) is 13.6 Å². The fourth-order valence-corrected chi connectivity index (χ4v) is 6.26. The minimum absolute atomic E-state index is 0.281. The third-order valence-electron chi connectivity index (χ3n) is 6.42. The molecule has 0 aromatic heterocycles. The van der Waals surface area contributed by atoms with Crippen LogP contribution in [0.1, 0.15) is 54.4 Å². The Bertz CT molecular complexity index is 1060. The number of hydrogen-bond donors (Lipinski definition) is 0. The van der Waals surface area contributed by atoms with Crippen LogP contribution in [0.25, 0.3) is 12.2 Å². The van der Waals surface area contributed by atoms with Crippen LogP contribution < -0.4 is 18.9 Å². The molecule has 4 aliphatic rings. The van der Waals surface area contributed by atoms with Crippen LogP contribution in [-0.4, -0.2) is 13.6 Å². The minimum Gasteiger partial charge on any atom is -0.454 e. The lowest BCUT2D eigenvalue weighted by Gasteiger charge is -2.22. The van der Waals surface area contributed by atoms with E-state index in [1.807, 2.05) is 0 Å². The van der Waals surface area contributed by atoms with Crippen molar-refractivity contribution in [2.24, 2.45) is 0 Å². The molecule has 148 valence electrons. The average Bonchev–Trinajstić information content (AvgIpc) is 3.45. The van der Waals surface area contributed by atoms with Crippen LogP contribution in [0.2, 0.25) is 0 Å². The van der Waals surface area contributed by atoms with Gasteiger partial charge in [-0.15, -0.1) is 0 Å². The Labute approximate surface area is 185 Å². The Balaban J connectivity index is 1.41. The first-order valence-corrected chi connectivity index (χ1v) is 11.2. The molecular formula is C23H18Br2O4. The highest BCUT2D eigenvalue weighted by Crippen LogP contribution is 2.55. The van der Waals surface area contributed by atoms with Crippen molar-refractivity contribution in [3.05, 3.63) is 54.5 Å². The van der Waals surface area contributed by atoms with Gasteiger partial charge in [-0.1, -0.05) is 23.3 Å². The van der Waals surface area contributed by atoms with Gasteiger partial charge in [0, 0.05) is 11.8 Å². The predicted molar refractivity (Wildman–Crippen MR) is 118 cm³/mol. The summed E-state index contributed by atoms with van der Waals surface area (Å²) in [7, 11) is 0. The van der Waals surface area contributed by atoms with Crippen LogP contribution in [0.15, 0.2) is 32.2 Å². The molecule has 0 radical (unpaired) electrons. The second-order valence-corrected chi connectivity index (χ2v) is 9.56. The quantitative estimate of drug-likeness (QED) is 0.441. The fourth-order valence-electron chi connectivity index (χ4n) is 4.95. The van der Waals surface area contributed by atoms with E-state index in [1.54, 1.807) is 0 Å². The van der Waals surface area contributed by atoms with Crippen LogP contribution in [-0.2, 0) is 0 Å². The van der Waals surface area contributed by atoms with Gasteiger partial charge in [-0.2, -0.15) is 0 Å². The highest BCUT2D eigenvalue weighted by Gasteiger charge is 2.36. The van der Waals surface area contributed by atoms with Gasteiger partial charge in [0.1, 0.15) is 0 Å². The summed E-state index contributed by atoms with van der Waals surface area (Å²) in [6.07, 6.45) is 5.55. The number of rotatable bonds is 2. The lowest BCUT2D eigenvalue weighted by molar-refractivity contribution is 0.173. The Morgan fingerprint density at radius 3 is 1.66 bits per heavy atom. The molecule has 29 heavy (non-hydrogen) atoms. The second-order valence-electron chi connectivity index (χ2n) is 7.97. The lowest BCUT2D eigenvalue weighted by Crippen LogP contribution is -2.06. The predicted octanol–water partition coefficient (Wildman–Crippen LogP) is 6.76. The van der Waals surface area contributed by atoms with Crippen LogP contribution in [0, 0.1) is 0 Å². The zero-order valence-corrected chi connectivity index (χ0v) is 19.1. The molecule has 2 aromatic rings. The number of hydrogen-bond acceptors (Lipinski definition) is 4. The van der Waals surface area contributed by atoms with Crippen LogP contribution in [0.3, 0.4) is 0 Å². The molecule has 2 aromatic carbocycles. The number of halogens is 2. The van der Waals surface area contributed by atoms with Gasteiger partial charge in [0.25, 0.3) is 0 Å². The molecular weight excluding hydrogens is 500 g/mol. The van der Waals surface area contributed by atoms with Crippen LogP contribution in [0.4, 0.5) is 0 Å². The molecule has 0 fully saturated rings. The fraction of sp³-hybridized carbons (Fsp3) is 0.304. The van der Waals surface area contributed by atoms with E-state index in [4.69, 9.17) is 18.9 Å². The van der Waals surface area contributed by atoms with Crippen molar-refractivity contribution < 1.29 is 18.9 Å². The molecule has 2 aliphatic heterocycles. The summed E-state index contributed by atoms with van der Waals surface area (Å²) in [5.41, 5.74) is 7.77. The molecule has 2 aliphatic carbocycles. The molecule has 2 atom stereocenters. The summed E-state index contributed by atoms with van der Waals surface area (Å²) in [5.74, 6) is 3.95. The zero-order chi connectivity index (χ0) is 19.9. The van der Waals surface area contributed by atoms with Gasteiger partial charge in [0.15, 0.2) is 23.0 Å². The molecule has 0 bridgehead atoms. The summed E-state index contributed by atoms with van der Waals surface area (Å²) >= 11 is 7.47. The minimum atomic E-state index is 0.281. The van der Waals surface area contributed by atoms with Crippen LogP contribution in [0.5, 0.6) is 23.0 Å². The molecule has 4 nitrogen and oxygen atoms in total. The number of allylic oxidation sites excluding steroid dienone is 2. The van der Waals surface area contributed by atoms with E-state index >= 15 is 0 Å². The molecule has 0 spiro atoms. The SMILES string of the molecule is CC1=Cc2c(cc3c(c2Br)OCO3)C1CC1C(C)=Cc2c1cc1c(c2Br)OCO1. The molecule has 6 rings (SSSR count). The van der Waals surface area contributed by atoms with Gasteiger partial charge in [0.05, 0.1) is 8.95 Å². The summed E-state index contributed by atoms with van der Waals surface area (Å²) < 4.78 is 24.6. The van der Waals surface area contributed by atoms with Gasteiger partial charge < -0.3 is 18.9 Å². The molecule has 6 heteroatoms. The van der Waals surface area contributed by atoms with E-state index in [0.717, 1.165) is 38.4 Å². The van der Waals surface area contributed by atoms with Crippen LogP contribution >= 0.6 is 31.9 Å². The highest BCUT2D eigenvalue weighted by molar-refractivity contribution is 9.11. The molecule has 2 unspecified atom stereocenters. The monoisotopic (exact) mass is 516 g/mol.